The number of amides is 2. The van der Waals surface area contributed by atoms with Gasteiger partial charge in [-0.05, 0) is 20.8 Å². The molecular weight excluding hydrogens is 180 g/mol. The Labute approximate surface area is 85.6 Å². The van der Waals surface area contributed by atoms with Crippen LogP contribution in [0.5, 0.6) is 0 Å². The number of hydrogen-bond acceptors (Lipinski definition) is 2. The van der Waals surface area contributed by atoms with Crippen LogP contribution in [0.1, 0.15) is 20.8 Å². The van der Waals surface area contributed by atoms with E-state index >= 15 is 0 Å². The van der Waals surface area contributed by atoms with Crippen molar-refractivity contribution >= 4 is 6.03 Å². The summed E-state index contributed by atoms with van der Waals surface area (Å²) in [5.74, 6) is 0. The summed E-state index contributed by atoms with van der Waals surface area (Å²) < 4.78 is 0. The molecule has 2 N–H and O–H groups in total. The third kappa shape index (κ3) is 5.59. The van der Waals surface area contributed by atoms with E-state index in [0.717, 1.165) is 0 Å². The SMILES string of the molecule is C=CCN(CCO)C(=O)NC(C)(C)C. The second kappa shape index (κ2) is 5.65. The van der Waals surface area contributed by atoms with E-state index in [9.17, 15) is 4.79 Å². The van der Waals surface area contributed by atoms with Crippen molar-refractivity contribution in [3.63, 3.8) is 0 Å². The molecule has 82 valence electrons. The van der Waals surface area contributed by atoms with Gasteiger partial charge in [-0.3, -0.25) is 0 Å². The lowest BCUT2D eigenvalue weighted by Gasteiger charge is -2.27. The zero-order valence-corrected chi connectivity index (χ0v) is 9.21. The third-order valence-electron chi connectivity index (χ3n) is 1.49. The summed E-state index contributed by atoms with van der Waals surface area (Å²) in [5, 5.41) is 11.6. The zero-order valence-electron chi connectivity index (χ0n) is 9.21. The molecule has 0 aliphatic carbocycles. The van der Waals surface area contributed by atoms with Crippen LogP contribution in [0.4, 0.5) is 4.79 Å². The minimum Gasteiger partial charge on any atom is -0.395 e. The smallest absolute Gasteiger partial charge is 0.318 e. The number of carbonyl (C=O) groups excluding carboxylic acids is 1. The Bertz CT molecular complexity index is 197. The van der Waals surface area contributed by atoms with Gasteiger partial charge in [0.05, 0.1) is 6.61 Å². The number of hydrogen-bond donors (Lipinski definition) is 2. The van der Waals surface area contributed by atoms with Crippen LogP contribution in [-0.2, 0) is 0 Å². The fourth-order valence-electron chi connectivity index (χ4n) is 0.952. The van der Waals surface area contributed by atoms with Gasteiger partial charge in [0.2, 0.25) is 0 Å². The summed E-state index contributed by atoms with van der Waals surface area (Å²) in [6.07, 6.45) is 1.64. The number of nitrogens with one attached hydrogen (secondary N) is 1. The first-order chi connectivity index (χ1) is 6.40. The standard InChI is InChI=1S/C10H20N2O2/c1-5-6-12(7-8-13)9(14)11-10(2,3)4/h5,13H,1,6-8H2,2-4H3,(H,11,14). The van der Waals surface area contributed by atoms with Crippen molar-refractivity contribution in [2.24, 2.45) is 0 Å². The molecule has 0 bridgehead atoms. The Morgan fingerprint density at radius 1 is 1.57 bits per heavy atom. The summed E-state index contributed by atoms with van der Waals surface area (Å²) in [6, 6.07) is -0.175. The minimum absolute atomic E-state index is 0.0363. The fourth-order valence-corrected chi connectivity index (χ4v) is 0.952. The molecule has 0 rings (SSSR count). The number of aliphatic hydroxyl groups excluding tert-OH is 1. The van der Waals surface area contributed by atoms with Crippen molar-refractivity contribution in [3.05, 3.63) is 12.7 Å². The van der Waals surface area contributed by atoms with Gasteiger partial charge in [0.1, 0.15) is 0 Å². The van der Waals surface area contributed by atoms with Gasteiger partial charge in [-0.15, -0.1) is 6.58 Å². The molecule has 0 atom stereocenters. The van der Waals surface area contributed by atoms with E-state index in [1.807, 2.05) is 20.8 Å². The van der Waals surface area contributed by atoms with E-state index in [1.54, 1.807) is 6.08 Å². The van der Waals surface area contributed by atoms with Crippen molar-refractivity contribution in [2.45, 2.75) is 26.3 Å². The van der Waals surface area contributed by atoms with E-state index in [-0.39, 0.29) is 18.2 Å². The van der Waals surface area contributed by atoms with Gasteiger partial charge < -0.3 is 15.3 Å². The summed E-state index contributed by atoms with van der Waals surface area (Å²) in [7, 11) is 0. The minimum atomic E-state index is -0.258. The molecule has 0 heterocycles. The highest BCUT2D eigenvalue weighted by molar-refractivity contribution is 5.75. The topological polar surface area (TPSA) is 52.6 Å². The monoisotopic (exact) mass is 200 g/mol. The van der Waals surface area contributed by atoms with Gasteiger partial charge in [-0.25, -0.2) is 4.79 Å². The van der Waals surface area contributed by atoms with Gasteiger partial charge in [-0.2, -0.15) is 0 Å². The molecule has 0 aliphatic rings. The molecule has 0 aromatic rings. The van der Waals surface area contributed by atoms with Gasteiger partial charge in [-0.1, -0.05) is 6.08 Å². The van der Waals surface area contributed by atoms with Crippen molar-refractivity contribution in [1.82, 2.24) is 10.2 Å². The van der Waals surface area contributed by atoms with Crippen LogP contribution in [0.3, 0.4) is 0 Å². The molecule has 2 amide bonds. The molecule has 0 saturated carbocycles. The van der Waals surface area contributed by atoms with Crippen molar-refractivity contribution in [1.29, 1.82) is 0 Å². The average Bonchev–Trinajstić information content (AvgIpc) is 2.01. The van der Waals surface area contributed by atoms with Crippen LogP contribution >= 0.6 is 0 Å². The maximum Gasteiger partial charge on any atom is 0.318 e. The van der Waals surface area contributed by atoms with Crippen LogP contribution in [-0.4, -0.2) is 41.3 Å². The maximum absolute atomic E-state index is 11.6. The second-order valence-corrected chi connectivity index (χ2v) is 4.14. The molecule has 0 radical (unpaired) electrons. The first kappa shape index (κ1) is 13.0. The van der Waals surface area contributed by atoms with Crippen molar-refractivity contribution < 1.29 is 9.90 Å². The lowest BCUT2D eigenvalue weighted by Crippen LogP contribution is -2.49. The molecule has 4 nitrogen and oxygen atoms in total. The molecule has 0 fully saturated rings. The predicted molar refractivity (Wildman–Crippen MR) is 57.1 cm³/mol. The number of nitrogens with zero attached hydrogens (tertiary/aromatic N) is 1. The predicted octanol–water partition coefficient (Wildman–Crippen LogP) is 0.975. The van der Waals surface area contributed by atoms with E-state index in [2.05, 4.69) is 11.9 Å². The molecule has 0 spiro atoms. The van der Waals surface area contributed by atoms with E-state index < -0.39 is 0 Å². The number of carbonyl (C=O) groups is 1. The van der Waals surface area contributed by atoms with Crippen molar-refractivity contribution in [2.75, 3.05) is 19.7 Å². The number of urea groups is 1. The third-order valence-corrected chi connectivity index (χ3v) is 1.49. The van der Waals surface area contributed by atoms with Crippen LogP contribution in [0, 0.1) is 0 Å². The molecular formula is C10H20N2O2. The summed E-state index contributed by atoms with van der Waals surface area (Å²) in [4.78, 5) is 13.1. The summed E-state index contributed by atoms with van der Waals surface area (Å²) in [6.45, 7) is 10.0. The van der Waals surface area contributed by atoms with Gasteiger partial charge in [0.25, 0.3) is 0 Å². The average molecular weight is 200 g/mol. The highest BCUT2D eigenvalue weighted by Gasteiger charge is 2.17. The first-order valence-corrected chi connectivity index (χ1v) is 4.69. The molecule has 0 unspecified atom stereocenters. The lowest BCUT2D eigenvalue weighted by atomic mass is 10.1. The molecule has 0 aromatic carbocycles. The Kier molecular flexibility index (Phi) is 5.23. The Hall–Kier alpha value is -1.03. The molecule has 0 aromatic heterocycles. The van der Waals surface area contributed by atoms with Crippen LogP contribution in [0.15, 0.2) is 12.7 Å². The van der Waals surface area contributed by atoms with Crippen LogP contribution in [0.2, 0.25) is 0 Å². The van der Waals surface area contributed by atoms with E-state index in [4.69, 9.17) is 5.11 Å². The Morgan fingerprint density at radius 3 is 2.50 bits per heavy atom. The molecule has 4 heteroatoms. The van der Waals surface area contributed by atoms with E-state index in [1.165, 1.54) is 4.90 Å². The first-order valence-electron chi connectivity index (χ1n) is 4.69. The highest BCUT2D eigenvalue weighted by Crippen LogP contribution is 2.00. The second-order valence-electron chi connectivity index (χ2n) is 4.14. The Balaban J connectivity index is 4.21. The zero-order chi connectivity index (χ0) is 11.2. The van der Waals surface area contributed by atoms with Gasteiger partial charge >= 0.3 is 6.03 Å². The summed E-state index contributed by atoms with van der Waals surface area (Å²) in [5.41, 5.74) is -0.258. The quantitative estimate of drug-likeness (QED) is 0.664. The highest BCUT2D eigenvalue weighted by atomic mass is 16.3. The largest absolute Gasteiger partial charge is 0.395 e. The summed E-state index contributed by atoms with van der Waals surface area (Å²) >= 11 is 0. The van der Waals surface area contributed by atoms with Crippen LogP contribution in [0.25, 0.3) is 0 Å². The van der Waals surface area contributed by atoms with Gasteiger partial charge in [0, 0.05) is 18.6 Å². The molecule has 14 heavy (non-hydrogen) atoms. The molecule has 0 saturated heterocycles. The number of aliphatic hydroxyl groups is 1. The normalized spacial score (nSPS) is 10.9. The maximum atomic E-state index is 11.6. The van der Waals surface area contributed by atoms with Gasteiger partial charge in [0.15, 0.2) is 0 Å². The molecule has 0 aliphatic heterocycles. The lowest BCUT2D eigenvalue weighted by molar-refractivity contribution is 0.176. The fraction of sp³-hybridized carbons (Fsp3) is 0.700. The number of rotatable bonds is 4. The van der Waals surface area contributed by atoms with Crippen LogP contribution < -0.4 is 5.32 Å². The van der Waals surface area contributed by atoms with Crippen molar-refractivity contribution in [3.8, 4) is 0 Å². The van der Waals surface area contributed by atoms with E-state index in [0.29, 0.717) is 13.1 Å². The Morgan fingerprint density at radius 2 is 2.14 bits per heavy atom.